The number of carbonyl (C=O) groups is 3. The Bertz CT molecular complexity index is 742. The molecule has 3 fully saturated rings. The van der Waals surface area contributed by atoms with E-state index in [0.29, 0.717) is 23.1 Å². The van der Waals surface area contributed by atoms with Crippen molar-refractivity contribution >= 4 is 23.3 Å². The van der Waals surface area contributed by atoms with Crippen LogP contribution < -0.4 is 4.90 Å². The zero-order valence-electron chi connectivity index (χ0n) is 12.8. The molecule has 1 saturated heterocycles. The Hall–Kier alpha value is -2.23. The van der Waals surface area contributed by atoms with Crippen LogP contribution in [0.5, 0.6) is 0 Å². The van der Waals surface area contributed by atoms with E-state index in [2.05, 4.69) is 12.2 Å². The summed E-state index contributed by atoms with van der Waals surface area (Å²) in [5.41, 5.74) is 1.18. The molecule has 2 amide bonds. The van der Waals surface area contributed by atoms with Gasteiger partial charge in [0.2, 0.25) is 11.8 Å². The van der Waals surface area contributed by atoms with Crippen molar-refractivity contribution in [3.8, 4) is 0 Å². The predicted octanol–water partition coefficient (Wildman–Crippen LogP) is 2.45. The van der Waals surface area contributed by atoms with E-state index < -0.39 is 0 Å². The smallest absolute Gasteiger partial charge is 0.238 e. The molecule has 2 bridgehead atoms. The Morgan fingerprint density at radius 3 is 1.96 bits per heavy atom. The summed E-state index contributed by atoms with van der Waals surface area (Å²) in [5, 5.41) is 0. The molecule has 5 aliphatic rings. The molecule has 0 unspecified atom stereocenters. The highest BCUT2D eigenvalue weighted by atomic mass is 16.2. The first-order valence-electron chi connectivity index (χ1n) is 8.25. The zero-order chi connectivity index (χ0) is 15.9. The first kappa shape index (κ1) is 13.2. The predicted molar refractivity (Wildman–Crippen MR) is 83.6 cm³/mol. The molecule has 0 aromatic heterocycles. The standard InChI is InChI=1S/C19H17NO3/c1-9(21)10-2-4-11(5-3-10)20-18(22)16-12-6-7-13(15-8-14(12)15)17(16)19(20)23/h2-7,12-17H,8H2,1H3/t12-,13-,14-,15-,16-,17+/m0/s1. The molecular formula is C19H17NO3. The molecule has 23 heavy (non-hydrogen) atoms. The molecule has 0 radical (unpaired) electrons. The van der Waals surface area contributed by atoms with E-state index in [1.165, 1.54) is 18.2 Å². The topological polar surface area (TPSA) is 54.5 Å². The molecule has 2 saturated carbocycles. The number of carbonyl (C=O) groups excluding carboxylic acids is 3. The molecule has 0 N–H and O–H groups in total. The third-order valence-electron chi connectivity index (χ3n) is 6.19. The molecule has 6 atom stereocenters. The summed E-state index contributed by atoms with van der Waals surface area (Å²) in [7, 11) is 0. The monoisotopic (exact) mass is 307 g/mol. The van der Waals surface area contributed by atoms with Crippen molar-refractivity contribution in [2.45, 2.75) is 13.3 Å². The molecule has 4 nitrogen and oxygen atoms in total. The van der Waals surface area contributed by atoms with E-state index in [0.717, 1.165) is 0 Å². The van der Waals surface area contributed by atoms with Crippen LogP contribution in [0.25, 0.3) is 0 Å². The minimum Gasteiger partial charge on any atom is -0.295 e. The second-order valence-corrected chi connectivity index (χ2v) is 7.27. The summed E-state index contributed by atoms with van der Waals surface area (Å²) >= 11 is 0. The fourth-order valence-electron chi connectivity index (χ4n) is 5.06. The van der Waals surface area contributed by atoms with Gasteiger partial charge in [-0.3, -0.25) is 19.3 Å². The van der Waals surface area contributed by atoms with Crippen LogP contribution in [0, 0.1) is 35.5 Å². The highest BCUT2D eigenvalue weighted by molar-refractivity contribution is 6.22. The number of nitrogens with zero attached hydrogens (tertiary/aromatic N) is 1. The van der Waals surface area contributed by atoms with E-state index in [1.807, 2.05) is 0 Å². The number of rotatable bonds is 2. The van der Waals surface area contributed by atoms with Crippen LogP contribution in [0.15, 0.2) is 36.4 Å². The number of hydrogen-bond donors (Lipinski definition) is 0. The highest BCUT2D eigenvalue weighted by Gasteiger charge is 2.67. The van der Waals surface area contributed by atoms with E-state index in [-0.39, 0.29) is 41.3 Å². The van der Waals surface area contributed by atoms with Gasteiger partial charge in [0, 0.05) is 5.56 Å². The summed E-state index contributed by atoms with van der Waals surface area (Å²) in [6.45, 7) is 1.51. The van der Waals surface area contributed by atoms with E-state index in [1.54, 1.807) is 24.3 Å². The van der Waals surface area contributed by atoms with E-state index in [9.17, 15) is 14.4 Å². The number of Topliss-reactive ketones (excluding diaryl/α,β-unsaturated/α-hetero) is 1. The second-order valence-electron chi connectivity index (χ2n) is 7.27. The lowest BCUT2D eigenvalue weighted by molar-refractivity contribution is -0.124. The maximum absolute atomic E-state index is 12.9. The Labute approximate surface area is 134 Å². The molecule has 116 valence electrons. The minimum atomic E-state index is -0.172. The van der Waals surface area contributed by atoms with Gasteiger partial charge in [-0.25, -0.2) is 0 Å². The second kappa shape index (κ2) is 4.19. The lowest BCUT2D eigenvalue weighted by Crippen LogP contribution is -2.40. The van der Waals surface area contributed by atoms with Crippen LogP contribution in [0.4, 0.5) is 5.69 Å². The number of benzene rings is 1. The van der Waals surface area contributed by atoms with Crippen LogP contribution >= 0.6 is 0 Å². The van der Waals surface area contributed by atoms with Gasteiger partial charge in [0.05, 0.1) is 17.5 Å². The lowest BCUT2D eigenvalue weighted by Gasteiger charge is -2.37. The summed E-state index contributed by atoms with van der Waals surface area (Å²) in [4.78, 5) is 38.6. The van der Waals surface area contributed by atoms with Crippen molar-refractivity contribution in [3.63, 3.8) is 0 Å². The number of hydrogen-bond acceptors (Lipinski definition) is 3. The van der Waals surface area contributed by atoms with Crippen molar-refractivity contribution in [3.05, 3.63) is 42.0 Å². The van der Waals surface area contributed by atoms with Crippen LogP contribution in [-0.4, -0.2) is 17.6 Å². The zero-order valence-corrected chi connectivity index (χ0v) is 12.8. The average Bonchev–Trinajstić information content (AvgIpc) is 3.32. The minimum absolute atomic E-state index is 0.0216. The summed E-state index contributed by atoms with van der Waals surface area (Å²) in [5.74, 6) is 1.24. The van der Waals surface area contributed by atoms with Gasteiger partial charge >= 0.3 is 0 Å². The largest absolute Gasteiger partial charge is 0.295 e. The first-order valence-corrected chi connectivity index (χ1v) is 8.25. The molecular weight excluding hydrogens is 290 g/mol. The van der Waals surface area contributed by atoms with Gasteiger partial charge in [-0.1, -0.05) is 12.2 Å². The van der Waals surface area contributed by atoms with Gasteiger partial charge in [-0.05, 0) is 61.3 Å². The molecule has 0 spiro atoms. The number of amides is 2. The maximum Gasteiger partial charge on any atom is 0.238 e. The van der Waals surface area contributed by atoms with Crippen LogP contribution in [0.2, 0.25) is 0 Å². The van der Waals surface area contributed by atoms with Crippen LogP contribution in [0.3, 0.4) is 0 Å². The molecule has 4 aliphatic carbocycles. The summed E-state index contributed by atoms with van der Waals surface area (Å²) in [6.07, 6.45) is 5.52. The third kappa shape index (κ3) is 1.58. The molecule has 1 aromatic rings. The highest BCUT2D eigenvalue weighted by Crippen LogP contribution is 2.65. The Kier molecular flexibility index (Phi) is 2.41. The van der Waals surface area contributed by atoms with Gasteiger partial charge in [0.15, 0.2) is 5.78 Å². The van der Waals surface area contributed by atoms with Crippen molar-refractivity contribution in [2.75, 3.05) is 4.90 Å². The number of anilines is 1. The SMILES string of the molecule is CC(=O)c1ccc(N2C(=O)[C@@H]3[C@H]4C=C[C@@H]([C@@H]5C[C@@H]45)[C@@H]3C2=O)cc1. The van der Waals surface area contributed by atoms with Gasteiger partial charge in [-0.15, -0.1) is 0 Å². The van der Waals surface area contributed by atoms with Gasteiger partial charge in [0.1, 0.15) is 0 Å². The lowest BCUT2D eigenvalue weighted by atomic mass is 9.63. The molecule has 6 rings (SSSR count). The van der Waals surface area contributed by atoms with Crippen molar-refractivity contribution in [1.82, 2.24) is 0 Å². The van der Waals surface area contributed by atoms with Gasteiger partial charge in [0.25, 0.3) is 0 Å². The molecule has 1 heterocycles. The number of ketones is 1. The summed E-state index contributed by atoms with van der Waals surface area (Å²) in [6, 6.07) is 6.79. The quantitative estimate of drug-likeness (QED) is 0.479. The number of allylic oxidation sites excluding steroid dienone is 2. The van der Waals surface area contributed by atoms with Crippen LogP contribution in [-0.2, 0) is 9.59 Å². The Morgan fingerprint density at radius 1 is 0.957 bits per heavy atom. The van der Waals surface area contributed by atoms with E-state index >= 15 is 0 Å². The van der Waals surface area contributed by atoms with Crippen molar-refractivity contribution in [2.24, 2.45) is 35.5 Å². The van der Waals surface area contributed by atoms with E-state index in [4.69, 9.17) is 0 Å². The third-order valence-corrected chi connectivity index (χ3v) is 6.19. The number of imide groups is 1. The fourth-order valence-corrected chi connectivity index (χ4v) is 5.06. The first-order chi connectivity index (χ1) is 11.1. The Balaban J connectivity index is 1.53. The maximum atomic E-state index is 12.9. The van der Waals surface area contributed by atoms with Crippen molar-refractivity contribution in [1.29, 1.82) is 0 Å². The summed E-state index contributed by atoms with van der Waals surface area (Å²) < 4.78 is 0. The Morgan fingerprint density at radius 2 is 1.48 bits per heavy atom. The fraction of sp³-hybridized carbons (Fsp3) is 0.421. The molecule has 1 aliphatic heterocycles. The molecule has 4 heteroatoms. The van der Waals surface area contributed by atoms with Crippen LogP contribution in [0.1, 0.15) is 23.7 Å². The van der Waals surface area contributed by atoms with Gasteiger partial charge < -0.3 is 0 Å². The normalized spacial score (nSPS) is 39.4. The molecule has 1 aromatic carbocycles. The van der Waals surface area contributed by atoms with Crippen molar-refractivity contribution < 1.29 is 14.4 Å². The average molecular weight is 307 g/mol. The van der Waals surface area contributed by atoms with Gasteiger partial charge in [-0.2, -0.15) is 0 Å².